The van der Waals surface area contributed by atoms with Crippen molar-refractivity contribution in [3.8, 4) is 0 Å². The van der Waals surface area contributed by atoms with E-state index in [4.69, 9.17) is 4.74 Å². The molecule has 2 N–H and O–H groups in total. The van der Waals surface area contributed by atoms with E-state index in [0.29, 0.717) is 11.4 Å². The molecule has 0 aliphatic rings. The van der Waals surface area contributed by atoms with Crippen LogP contribution in [0.2, 0.25) is 0 Å². The van der Waals surface area contributed by atoms with Crippen LogP contribution >= 0.6 is 11.3 Å². The zero-order valence-electron chi connectivity index (χ0n) is 13.2. The molecule has 0 spiro atoms. The number of nitrogens with one attached hydrogen (secondary N) is 2. The van der Waals surface area contributed by atoms with Crippen molar-refractivity contribution < 1.29 is 19.1 Å². The van der Waals surface area contributed by atoms with Crippen molar-refractivity contribution >= 4 is 29.2 Å². The van der Waals surface area contributed by atoms with Gasteiger partial charge in [-0.15, -0.1) is 11.3 Å². The Balaban J connectivity index is 2.43. The van der Waals surface area contributed by atoms with Crippen molar-refractivity contribution in [2.24, 2.45) is 0 Å². The molecule has 0 aliphatic heterocycles. The van der Waals surface area contributed by atoms with E-state index < -0.39 is 24.5 Å². The number of imide groups is 1. The highest BCUT2D eigenvalue weighted by atomic mass is 32.1. The van der Waals surface area contributed by atoms with Crippen LogP contribution < -0.4 is 10.6 Å². The Bertz CT molecular complexity index is 540. The lowest BCUT2D eigenvalue weighted by Gasteiger charge is -2.05. The summed E-state index contributed by atoms with van der Waals surface area (Å²) in [5.74, 6) is -1.19. The van der Waals surface area contributed by atoms with E-state index in [1.807, 2.05) is 13.8 Å². The van der Waals surface area contributed by atoms with Gasteiger partial charge in [0.2, 0.25) is 0 Å². The molecule has 0 aliphatic carbocycles. The second-order valence-electron chi connectivity index (χ2n) is 4.82. The van der Waals surface area contributed by atoms with Crippen molar-refractivity contribution in [3.63, 3.8) is 0 Å². The van der Waals surface area contributed by atoms with Gasteiger partial charge in [-0.25, -0.2) is 9.59 Å². The number of esters is 1. The Hall–Kier alpha value is -1.89. The van der Waals surface area contributed by atoms with Crippen LogP contribution in [0.4, 0.5) is 4.79 Å². The molecule has 6 nitrogen and oxygen atoms in total. The number of carbonyl (C=O) groups excluding carboxylic acids is 3. The fourth-order valence-electron chi connectivity index (χ4n) is 1.79. The second-order valence-corrected chi connectivity index (χ2v) is 6.08. The predicted octanol–water partition coefficient (Wildman–Crippen LogP) is 2.40. The van der Waals surface area contributed by atoms with Gasteiger partial charge in [-0.3, -0.25) is 10.1 Å². The summed E-state index contributed by atoms with van der Waals surface area (Å²) in [4.78, 5) is 36.2. The molecule has 0 saturated carbocycles. The van der Waals surface area contributed by atoms with Crippen LogP contribution in [0, 0.1) is 6.92 Å². The van der Waals surface area contributed by atoms with E-state index in [2.05, 4.69) is 17.6 Å². The summed E-state index contributed by atoms with van der Waals surface area (Å²) in [6.07, 6.45) is 2.68. The summed E-state index contributed by atoms with van der Waals surface area (Å²) in [5, 5.41) is 4.59. The van der Waals surface area contributed by atoms with E-state index >= 15 is 0 Å². The molecule has 0 radical (unpaired) electrons. The first kappa shape index (κ1) is 18.2. The normalized spacial score (nSPS) is 10.1. The minimum absolute atomic E-state index is 0.474. The lowest BCUT2D eigenvalue weighted by atomic mass is 10.1. The van der Waals surface area contributed by atoms with Gasteiger partial charge in [0.05, 0.1) is 0 Å². The summed E-state index contributed by atoms with van der Waals surface area (Å²) in [6, 6.07) is 1.22. The topological polar surface area (TPSA) is 84.5 Å². The molecule has 122 valence electrons. The zero-order chi connectivity index (χ0) is 16.5. The van der Waals surface area contributed by atoms with Crippen LogP contribution in [0.5, 0.6) is 0 Å². The molecule has 0 saturated heterocycles. The van der Waals surface area contributed by atoms with E-state index in [1.165, 1.54) is 11.3 Å². The lowest BCUT2D eigenvalue weighted by molar-refractivity contribution is -0.123. The number of ether oxygens (including phenoxy) is 1. The highest BCUT2D eigenvalue weighted by Gasteiger charge is 2.15. The molecular weight excluding hydrogens is 304 g/mol. The molecule has 22 heavy (non-hydrogen) atoms. The Morgan fingerprint density at radius 3 is 2.59 bits per heavy atom. The minimum Gasteiger partial charge on any atom is -0.451 e. The van der Waals surface area contributed by atoms with Crippen LogP contribution in [0.25, 0.3) is 0 Å². The van der Waals surface area contributed by atoms with Gasteiger partial charge in [-0.2, -0.15) is 0 Å². The van der Waals surface area contributed by atoms with Crippen LogP contribution in [-0.2, 0) is 16.0 Å². The molecule has 0 bridgehead atoms. The van der Waals surface area contributed by atoms with Crippen molar-refractivity contribution in [2.75, 3.05) is 13.2 Å². The first-order valence-corrected chi connectivity index (χ1v) is 8.13. The average Bonchev–Trinajstić information content (AvgIpc) is 2.84. The van der Waals surface area contributed by atoms with Gasteiger partial charge in [0.1, 0.15) is 4.88 Å². The summed E-state index contributed by atoms with van der Waals surface area (Å²) >= 11 is 1.35. The fourth-order valence-corrected chi connectivity index (χ4v) is 2.75. The minimum atomic E-state index is -0.649. The van der Waals surface area contributed by atoms with Crippen LogP contribution in [-0.4, -0.2) is 31.1 Å². The van der Waals surface area contributed by atoms with Crippen molar-refractivity contribution in [3.05, 3.63) is 21.4 Å². The summed E-state index contributed by atoms with van der Waals surface area (Å²) in [6.45, 7) is 5.94. The highest BCUT2D eigenvalue weighted by molar-refractivity contribution is 7.14. The largest absolute Gasteiger partial charge is 0.451 e. The predicted molar refractivity (Wildman–Crippen MR) is 85.2 cm³/mol. The van der Waals surface area contributed by atoms with E-state index in [0.717, 1.165) is 29.7 Å². The van der Waals surface area contributed by atoms with E-state index in [1.54, 1.807) is 6.07 Å². The molecule has 0 aromatic carbocycles. The van der Waals surface area contributed by atoms with Gasteiger partial charge in [-0.05, 0) is 31.4 Å². The molecule has 1 heterocycles. The van der Waals surface area contributed by atoms with Gasteiger partial charge in [0.25, 0.3) is 5.91 Å². The SMILES string of the molecule is CCCNC(=O)NC(=O)COC(=O)c1cc(CCC)c(C)s1. The Labute approximate surface area is 134 Å². The summed E-state index contributed by atoms with van der Waals surface area (Å²) in [7, 11) is 0. The Morgan fingerprint density at radius 1 is 1.23 bits per heavy atom. The van der Waals surface area contributed by atoms with Gasteiger partial charge in [0.15, 0.2) is 6.61 Å². The number of rotatable bonds is 7. The van der Waals surface area contributed by atoms with E-state index in [-0.39, 0.29) is 0 Å². The molecule has 0 fully saturated rings. The average molecular weight is 326 g/mol. The molecule has 7 heteroatoms. The van der Waals surface area contributed by atoms with Gasteiger partial charge in [-0.1, -0.05) is 20.3 Å². The lowest BCUT2D eigenvalue weighted by Crippen LogP contribution is -2.41. The monoisotopic (exact) mass is 326 g/mol. The van der Waals surface area contributed by atoms with Crippen LogP contribution in [0.1, 0.15) is 46.8 Å². The first-order valence-electron chi connectivity index (χ1n) is 7.32. The maximum absolute atomic E-state index is 11.9. The first-order chi connectivity index (χ1) is 10.5. The number of urea groups is 1. The molecule has 0 unspecified atom stereocenters. The van der Waals surface area contributed by atoms with Crippen LogP contribution in [0.15, 0.2) is 6.07 Å². The standard InChI is InChI=1S/C15H22N2O4S/c1-4-6-11-8-12(22-10(11)3)14(19)21-9-13(18)17-15(20)16-7-5-2/h8H,4-7,9H2,1-3H3,(H2,16,17,18,20). The highest BCUT2D eigenvalue weighted by Crippen LogP contribution is 2.23. The molecule has 1 rings (SSSR count). The van der Waals surface area contributed by atoms with Gasteiger partial charge >= 0.3 is 12.0 Å². The fraction of sp³-hybridized carbons (Fsp3) is 0.533. The number of amides is 3. The molecule has 0 atom stereocenters. The molecule has 1 aromatic heterocycles. The third-order valence-corrected chi connectivity index (χ3v) is 3.94. The molecular formula is C15H22N2O4S. The van der Waals surface area contributed by atoms with Gasteiger partial charge < -0.3 is 10.1 Å². The number of hydrogen-bond acceptors (Lipinski definition) is 5. The third-order valence-electron chi connectivity index (χ3n) is 2.86. The quantitative estimate of drug-likeness (QED) is 0.754. The van der Waals surface area contributed by atoms with Crippen molar-refractivity contribution in [1.29, 1.82) is 0 Å². The van der Waals surface area contributed by atoms with Crippen LogP contribution in [0.3, 0.4) is 0 Å². The maximum atomic E-state index is 11.9. The number of hydrogen-bond donors (Lipinski definition) is 2. The van der Waals surface area contributed by atoms with E-state index in [9.17, 15) is 14.4 Å². The Kier molecular flexibility index (Phi) is 7.59. The zero-order valence-corrected chi connectivity index (χ0v) is 14.0. The Morgan fingerprint density at radius 2 is 1.95 bits per heavy atom. The number of aryl methyl sites for hydroxylation is 2. The molecule has 3 amide bonds. The summed E-state index contributed by atoms with van der Waals surface area (Å²) < 4.78 is 4.92. The van der Waals surface area contributed by atoms with Gasteiger partial charge in [0, 0.05) is 11.4 Å². The van der Waals surface area contributed by atoms with Crippen molar-refractivity contribution in [1.82, 2.24) is 10.6 Å². The molecule has 1 aromatic rings. The maximum Gasteiger partial charge on any atom is 0.348 e. The number of carbonyl (C=O) groups is 3. The third kappa shape index (κ3) is 5.85. The number of thiophene rings is 1. The van der Waals surface area contributed by atoms with Crippen molar-refractivity contribution in [2.45, 2.75) is 40.0 Å². The smallest absolute Gasteiger partial charge is 0.348 e. The second kappa shape index (κ2) is 9.19. The summed E-state index contributed by atoms with van der Waals surface area (Å²) in [5.41, 5.74) is 1.13.